The van der Waals surface area contributed by atoms with Gasteiger partial charge in [0.25, 0.3) is 5.91 Å². The highest BCUT2D eigenvalue weighted by Crippen LogP contribution is 2.59. The summed E-state index contributed by atoms with van der Waals surface area (Å²) in [4.78, 5) is 37.2. The summed E-state index contributed by atoms with van der Waals surface area (Å²) in [5, 5.41) is 14.9. The third kappa shape index (κ3) is 5.82. The molecule has 2 atom stereocenters. The minimum absolute atomic E-state index is 0.208. The number of aliphatic hydroxyl groups is 1. The van der Waals surface area contributed by atoms with Crippen molar-refractivity contribution >= 4 is 35.0 Å². The van der Waals surface area contributed by atoms with E-state index in [1.54, 1.807) is 48.4 Å². The Hall–Kier alpha value is -4.00. The van der Waals surface area contributed by atoms with Gasteiger partial charge in [0.15, 0.2) is 0 Å². The maximum Gasteiger partial charge on any atom is 0.335 e. The van der Waals surface area contributed by atoms with Crippen LogP contribution in [0.1, 0.15) is 57.6 Å². The summed E-state index contributed by atoms with van der Waals surface area (Å²) in [6.07, 6.45) is -0.0960. The molecule has 0 aliphatic carbocycles. The monoisotopic (exact) mass is 595 g/mol. The number of carbonyl (C=O) groups is 1. The zero-order valence-corrected chi connectivity index (χ0v) is 24.7. The van der Waals surface area contributed by atoms with Gasteiger partial charge < -0.3 is 24.5 Å². The molecule has 7 nitrogen and oxygen atoms in total. The Kier molecular flexibility index (Phi) is 8.08. The van der Waals surface area contributed by atoms with Crippen LogP contribution in [0.3, 0.4) is 0 Å². The van der Waals surface area contributed by atoms with Crippen molar-refractivity contribution in [2.45, 2.75) is 30.5 Å². The lowest BCUT2D eigenvalue weighted by Gasteiger charge is -2.34. The second-order valence-electron chi connectivity index (χ2n) is 11.2. The standard InChI is InChI=1S/C35H34NO6P/c1-42-28-13-6-12-25(20-28)23-16-18-36(19-17-23)35(38)32-22-27-10-3-2-9-26(27)21-31(32)33(37)34(43(39,40)41)30-15-7-11-24-8-4-5-14-29(24)30/h2-15,20-23,33-34,37H,16-19H2,1H3,(H2,39,40,41). The number of fused-ring (bicyclic) bond motifs is 2. The third-order valence-electron chi connectivity index (χ3n) is 8.62. The fourth-order valence-corrected chi connectivity index (χ4v) is 7.50. The molecule has 0 radical (unpaired) electrons. The molecule has 1 aliphatic heterocycles. The second-order valence-corrected chi connectivity index (χ2v) is 12.9. The molecule has 3 N–H and O–H groups in total. The number of aliphatic hydroxyl groups excluding tert-OH is 1. The molecule has 1 amide bonds. The van der Waals surface area contributed by atoms with Crippen LogP contribution in [0.25, 0.3) is 21.5 Å². The second kappa shape index (κ2) is 11.9. The van der Waals surface area contributed by atoms with Gasteiger partial charge in [-0.05, 0) is 81.3 Å². The summed E-state index contributed by atoms with van der Waals surface area (Å²) < 4.78 is 18.5. The van der Waals surface area contributed by atoms with Crippen molar-refractivity contribution in [2.75, 3.05) is 20.2 Å². The summed E-state index contributed by atoms with van der Waals surface area (Å²) in [5.74, 6) is 0.828. The molecule has 0 spiro atoms. The SMILES string of the molecule is COc1cccc(C2CCN(C(=O)c3cc4ccccc4cc3C(O)C(c3cccc4ccccc34)P(=O)(O)O)CC2)c1. The lowest BCUT2D eigenvalue weighted by Crippen LogP contribution is -2.38. The number of hydrogen-bond acceptors (Lipinski definition) is 4. The lowest BCUT2D eigenvalue weighted by molar-refractivity contribution is 0.0704. The average Bonchev–Trinajstić information content (AvgIpc) is 3.03. The van der Waals surface area contributed by atoms with Crippen molar-refractivity contribution in [3.8, 4) is 5.75 Å². The van der Waals surface area contributed by atoms with Gasteiger partial charge in [0.05, 0.1) is 13.2 Å². The van der Waals surface area contributed by atoms with E-state index in [2.05, 4.69) is 6.07 Å². The topological polar surface area (TPSA) is 107 Å². The van der Waals surface area contributed by atoms with Gasteiger partial charge in [-0.15, -0.1) is 0 Å². The van der Waals surface area contributed by atoms with Gasteiger partial charge in [-0.25, -0.2) is 0 Å². The van der Waals surface area contributed by atoms with E-state index in [-0.39, 0.29) is 23.0 Å². The summed E-state index contributed by atoms with van der Waals surface area (Å²) in [6, 6.07) is 31.5. The molecule has 2 unspecified atom stereocenters. The van der Waals surface area contributed by atoms with Crippen molar-refractivity contribution in [3.63, 3.8) is 0 Å². The third-order valence-corrected chi connectivity index (χ3v) is 9.90. The van der Waals surface area contributed by atoms with Crippen LogP contribution in [0, 0.1) is 0 Å². The number of piperidine rings is 1. The maximum absolute atomic E-state index is 14.1. The Morgan fingerprint density at radius 3 is 2.14 bits per heavy atom. The van der Waals surface area contributed by atoms with Crippen molar-refractivity contribution in [1.82, 2.24) is 4.90 Å². The van der Waals surface area contributed by atoms with Gasteiger partial charge in [0, 0.05) is 18.7 Å². The molecular weight excluding hydrogens is 561 g/mol. The van der Waals surface area contributed by atoms with Crippen LogP contribution in [0.4, 0.5) is 0 Å². The van der Waals surface area contributed by atoms with Crippen LogP contribution in [-0.2, 0) is 4.57 Å². The Bertz CT molecular complexity index is 1840. The van der Waals surface area contributed by atoms with Gasteiger partial charge in [0.1, 0.15) is 11.4 Å². The van der Waals surface area contributed by atoms with Crippen LogP contribution in [0.2, 0.25) is 0 Å². The first kappa shape index (κ1) is 29.1. The molecule has 220 valence electrons. The number of amides is 1. The van der Waals surface area contributed by atoms with Crippen molar-refractivity contribution in [2.24, 2.45) is 0 Å². The highest BCUT2D eigenvalue weighted by Gasteiger charge is 2.40. The zero-order valence-electron chi connectivity index (χ0n) is 23.8. The van der Waals surface area contributed by atoms with E-state index in [9.17, 15) is 24.3 Å². The number of likely N-dealkylation sites (tertiary alicyclic amines) is 1. The Morgan fingerprint density at radius 2 is 1.44 bits per heavy atom. The number of benzene rings is 5. The van der Waals surface area contributed by atoms with E-state index in [1.165, 1.54) is 5.56 Å². The van der Waals surface area contributed by atoms with E-state index in [1.807, 2.05) is 60.7 Å². The highest BCUT2D eigenvalue weighted by atomic mass is 31.2. The smallest absolute Gasteiger partial charge is 0.335 e. The molecule has 5 aromatic rings. The predicted octanol–water partition coefficient (Wildman–Crippen LogP) is 6.97. The first-order chi connectivity index (χ1) is 20.7. The molecule has 0 saturated carbocycles. The van der Waals surface area contributed by atoms with E-state index >= 15 is 0 Å². The fraction of sp³-hybridized carbons (Fsp3) is 0.229. The first-order valence-electron chi connectivity index (χ1n) is 14.4. The molecule has 1 fully saturated rings. The zero-order chi connectivity index (χ0) is 30.1. The Balaban J connectivity index is 1.38. The van der Waals surface area contributed by atoms with E-state index < -0.39 is 19.4 Å². The maximum atomic E-state index is 14.1. The van der Waals surface area contributed by atoms with Crippen molar-refractivity contribution < 1.29 is 29.0 Å². The van der Waals surface area contributed by atoms with Gasteiger partial charge >= 0.3 is 7.60 Å². The first-order valence-corrected chi connectivity index (χ1v) is 16.1. The predicted molar refractivity (Wildman–Crippen MR) is 169 cm³/mol. The van der Waals surface area contributed by atoms with E-state index in [0.29, 0.717) is 24.0 Å². The molecule has 1 heterocycles. The summed E-state index contributed by atoms with van der Waals surface area (Å²) in [6.45, 7) is 1.04. The van der Waals surface area contributed by atoms with Gasteiger partial charge in [-0.1, -0.05) is 78.9 Å². The summed E-state index contributed by atoms with van der Waals surface area (Å²) in [5.41, 5.74) is 0.409. The average molecular weight is 596 g/mol. The molecule has 6 rings (SSSR count). The summed E-state index contributed by atoms with van der Waals surface area (Å²) >= 11 is 0. The highest BCUT2D eigenvalue weighted by molar-refractivity contribution is 7.52. The van der Waals surface area contributed by atoms with Gasteiger partial charge in [-0.2, -0.15) is 0 Å². The number of hydrogen-bond donors (Lipinski definition) is 3. The molecule has 1 aliphatic rings. The molecule has 1 saturated heterocycles. The summed E-state index contributed by atoms with van der Waals surface area (Å²) in [7, 11) is -3.25. The number of methoxy groups -OCH3 is 1. The molecule has 8 heteroatoms. The van der Waals surface area contributed by atoms with Crippen LogP contribution in [0.5, 0.6) is 5.75 Å². The van der Waals surface area contributed by atoms with E-state index in [4.69, 9.17) is 4.74 Å². The van der Waals surface area contributed by atoms with Crippen LogP contribution < -0.4 is 4.74 Å². The fourth-order valence-electron chi connectivity index (χ4n) is 6.38. The quantitative estimate of drug-likeness (QED) is 0.175. The molecule has 0 aromatic heterocycles. The molecule has 43 heavy (non-hydrogen) atoms. The van der Waals surface area contributed by atoms with Crippen LogP contribution >= 0.6 is 7.60 Å². The largest absolute Gasteiger partial charge is 0.497 e. The van der Waals surface area contributed by atoms with Crippen LogP contribution in [0.15, 0.2) is 103 Å². The van der Waals surface area contributed by atoms with Crippen molar-refractivity contribution in [3.05, 3.63) is 125 Å². The van der Waals surface area contributed by atoms with Gasteiger partial charge in [0.2, 0.25) is 0 Å². The Morgan fingerprint density at radius 1 is 0.814 bits per heavy atom. The molecule has 5 aromatic carbocycles. The molecular formula is C35H34NO6P. The number of rotatable bonds is 7. The van der Waals surface area contributed by atoms with Crippen LogP contribution in [-0.4, -0.2) is 45.9 Å². The minimum atomic E-state index is -4.90. The van der Waals surface area contributed by atoms with E-state index in [0.717, 1.165) is 34.7 Å². The Labute approximate surface area is 250 Å². The number of nitrogens with zero attached hydrogens (tertiary/aromatic N) is 1. The molecule has 0 bridgehead atoms. The normalized spacial score (nSPS) is 15.9. The number of carbonyl (C=O) groups excluding carboxylic acids is 1. The minimum Gasteiger partial charge on any atom is -0.497 e. The van der Waals surface area contributed by atoms with Crippen molar-refractivity contribution in [1.29, 1.82) is 0 Å². The van der Waals surface area contributed by atoms with Gasteiger partial charge in [-0.3, -0.25) is 9.36 Å². The lowest BCUT2D eigenvalue weighted by atomic mass is 9.88. The number of ether oxygens (including phenoxy) is 1.